The molecule has 1 saturated heterocycles. The molecule has 1 aliphatic rings. The van der Waals surface area contributed by atoms with E-state index in [1.165, 1.54) is 12.1 Å². The second-order valence-corrected chi connectivity index (χ2v) is 6.41. The minimum absolute atomic E-state index is 0.0218. The molecular formula is C18H28FN3O2. The van der Waals surface area contributed by atoms with E-state index in [1.54, 1.807) is 0 Å². The molecule has 0 saturated carbocycles. The Morgan fingerprint density at radius 1 is 1.33 bits per heavy atom. The maximum atomic E-state index is 12.9. The highest BCUT2D eigenvalue weighted by molar-refractivity contribution is 5.74. The number of rotatable bonds is 7. The Hall–Kier alpha value is -1.66. The molecule has 134 valence electrons. The van der Waals surface area contributed by atoms with Crippen molar-refractivity contribution in [2.24, 2.45) is 0 Å². The highest BCUT2D eigenvalue weighted by Crippen LogP contribution is 2.14. The standard InChI is InChI=1S/C18H28FN3O2/c1-2-16(9-12-23)20-18(24)21-17-7-10-22(11-8-17)13-14-3-5-15(19)6-4-14/h3-6,16-17,23H,2,7-13H2,1H3,(H2,20,21,24). The smallest absolute Gasteiger partial charge is 0.315 e. The average molecular weight is 337 g/mol. The summed E-state index contributed by atoms with van der Waals surface area (Å²) in [5, 5.41) is 14.9. The van der Waals surface area contributed by atoms with Crippen molar-refractivity contribution in [1.29, 1.82) is 0 Å². The lowest BCUT2D eigenvalue weighted by atomic mass is 10.0. The third-order valence-electron chi connectivity index (χ3n) is 4.55. The third kappa shape index (κ3) is 6.09. The van der Waals surface area contributed by atoms with E-state index in [1.807, 2.05) is 19.1 Å². The maximum Gasteiger partial charge on any atom is 0.315 e. The van der Waals surface area contributed by atoms with Crippen molar-refractivity contribution in [2.45, 2.75) is 51.2 Å². The number of hydrogen-bond acceptors (Lipinski definition) is 3. The first-order chi connectivity index (χ1) is 11.6. The van der Waals surface area contributed by atoms with Crippen LogP contribution in [-0.2, 0) is 6.54 Å². The van der Waals surface area contributed by atoms with Crippen LogP contribution in [0, 0.1) is 5.82 Å². The fraction of sp³-hybridized carbons (Fsp3) is 0.611. The van der Waals surface area contributed by atoms with Crippen molar-refractivity contribution in [2.75, 3.05) is 19.7 Å². The van der Waals surface area contributed by atoms with Crippen LogP contribution in [0.3, 0.4) is 0 Å². The molecule has 2 amide bonds. The van der Waals surface area contributed by atoms with Gasteiger partial charge in [0.25, 0.3) is 0 Å². The van der Waals surface area contributed by atoms with Crippen molar-refractivity contribution < 1.29 is 14.3 Å². The lowest BCUT2D eigenvalue weighted by molar-refractivity contribution is 0.184. The summed E-state index contributed by atoms with van der Waals surface area (Å²) < 4.78 is 12.9. The number of carbonyl (C=O) groups excluding carboxylic acids is 1. The van der Waals surface area contributed by atoms with Gasteiger partial charge in [-0.1, -0.05) is 19.1 Å². The minimum Gasteiger partial charge on any atom is -0.396 e. The third-order valence-corrected chi connectivity index (χ3v) is 4.55. The summed E-state index contributed by atoms with van der Waals surface area (Å²) >= 11 is 0. The van der Waals surface area contributed by atoms with Crippen LogP contribution < -0.4 is 10.6 Å². The highest BCUT2D eigenvalue weighted by atomic mass is 19.1. The van der Waals surface area contributed by atoms with Gasteiger partial charge in [0.1, 0.15) is 5.82 Å². The number of aliphatic hydroxyl groups is 1. The Labute approximate surface area is 143 Å². The van der Waals surface area contributed by atoms with Crippen LogP contribution in [-0.4, -0.2) is 47.8 Å². The van der Waals surface area contributed by atoms with Gasteiger partial charge in [-0.15, -0.1) is 0 Å². The molecule has 1 aromatic carbocycles. The van der Waals surface area contributed by atoms with E-state index in [-0.39, 0.29) is 30.5 Å². The molecule has 1 aliphatic heterocycles. The molecule has 0 aliphatic carbocycles. The SMILES string of the molecule is CCC(CCO)NC(=O)NC1CCN(Cc2ccc(F)cc2)CC1. The Kier molecular flexibility index (Phi) is 7.46. The summed E-state index contributed by atoms with van der Waals surface area (Å²) in [6.07, 6.45) is 3.21. The van der Waals surface area contributed by atoms with Crippen LogP contribution in [0.5, 0.6) is 0 Å². The van der Waals surface area contributed by atoms with Gasteiger partial charge in [-0.2, -0.15) is 0 Å². The molecule has 6 heteroatoms. The summed E-state index contributed by atoms with van der Waals surface area (Å²) in [6, 6.07) is 6.68. The molecule has 0 bridgehead atoms. The zero-order valence-electron chi connectivity index (χ0n) is 14.3. The lowest BCUT2D eigenvalue weighted by Gasteiger charge is -2.32. The molecule has 5 nitrogen and oxygen atoms in total. The number of urea groups is 1. The number of nitrogens with zero attached hydrogens (tertiary/aromatic N) is 1. The predicted molar refractivity (Wildman–Crippen MR) is 92.1 cm³/mol. The Morgan fingerprint density at radius 3 is 2.58 bits per heavy atom. The fourth-order valence-electron chi connectivity index (χ4n) is 3.03. The first-order valence-electron chi connectivity index (χ1n) is 8.75. The Morgan fingerprint density at radius 2 is 2.00 bits per heavy atom. The molecule has 0 radical (unpaired) electrons. The van der Waals surface area contributed by atoms with Gasteiger partial charge >= 0.3 is 6.03 Å². The molecule has 0 aromatic heterocycles. The zero-order valence-corrected chi connectivity index (χ0v) is 14.3. The number of likely N-dealkylation sites (tertiary alicyclic amines) is 1. The first kappa shape index (κ1) is 18.7. The van der Waals surface area contributed by atoms with E-state index >= 15 is 0 Å². The van der Waals surface area contributed by atoms with E-state index in [0.29, 0.717) is 6.42 Å². The van der Waals surface area contributed by atoms with Gasteiger partial charge in [0.05, 0.1) is 0 Å². The molecule has 3 N–H and O–H groups in total. The van der Waals surface area contributed by atoms with E-state index < -0.39 is 0 Å². The summed E-state index contributed by atoms with van der Waals surface area (Å²) in [6.45, 7) is 4.72. The van der Waals surface area contributed by atoms with Gasteiger partial charge in [-0.3, -0.25) is 4.90 Å². The molecule has 1 atom stereocenters. The second-order valence-electron chi connectivity index (χ2n) is 6.41. The topological polar surface area (TPSA) is 64.6 Å². The van der Waals surface area contributed by atoms with Crippen molar-refractivity contribution in [3.05, 3.63) is 35.6 Å². The molecule has 1 heterocycles. The average Bonchev–Trinajstić information content (AvgIpc) is 2.58. The minimum atomic E-state index is -0.209. The Balaban J connectivity index is 1.70. The van der Waals surface area contributed by atoms with Crippen LogP contribution >= 0.6 is 0 Å². The van der Waals surface area contributed by atoms with Crippen molar-refractivity contribution >= 4 is 6.03 Å². The first-order valence-corrected chi connectivity index (χ1v) is 8.75. The van der Waals surface area contributed by atoms with Gasteiger partial charge in [-0.05, 0) is 43.4 Å². The van der Waals surface area contributed by atoms with E-state index in [2.05, 4.69) is 15.5 Å². The number of nitrogens with one attached hydrogen (secondary N) is 2. The zero-order chi connectivity index (χ0) is 17.4. The van der Waals surface area contributed by atoms with E-state index in [0.717, 1.165) is 44.5 Å². The van der Waals surface area contributed by atoms with Crippen LogP contribution in [0.4, 0.5) is 9.18 Å². The fourth-order valence-corrected chi connectivity index (χ4v) is 3.03. The molecule has 1 unspecified atom stereocenters. The van der Waals surface area contributed by atoms with Crippen molar-refractivity contribution in [3.8, 4) is 0 Å². The van der Waals surface area contributed by atoms with Crippen LogP contribution in [0.15, 0.2) is 24.3 Å². The summed E-state index contributed by atoms with van der Waals surface area (Å²) in [5.41, 5.74) is 1.11. The second kappa shape index (κ2) is 9.59. The van der Waals surface area contributed by atoms with Gasteiger partial charge in [-0.25, -0.2) is 9.18 Å². The molecule has 2 rings (SSSR count). The molecule has 0 spiro atoms. The van der Waals surface area contributed by atoms with Gasteiger partial charge in [0.15, 0.2) is 0 Å². The normalized spacial score (nSPS) is 17.5. The number of aliphatic hydroxyl groups excluding tert-OH is 1. The van der Waals surface area contributed by atoms with Gasteiger partial charge < -0.3 is 15.7 Å². The van der Waals surface area contributed by atoms with Crippen LogP contribution in [0.1, 0.15) is 38.2 Å². The largest absolute Gasteiger partial charge is 0.396 e. The summed E-state index contributed by atoms with van der Waals surface area (Å²) in [7, 11) is 0. The summed E-state index contributed by atoms with van der Waals surface area (Å²) in [5.74, 6) is -0.209. The quantitative estimate of drug-likeness (QED) is 0.715. The number of hydrogen-bond donors (Lipinski definition) is 3. The van der Waals surface area contributed by atoms with Gasteiger partial charge in [0, 0.05) is 38.3 Å². The lowest BCUT2D eigenvalue weighted by Crippen LogP contribution is -2.50. The number of carbonyl (C=O) groups is 1. The predicted octanol–water partition coefficient (Wildman–Crippen LogP) is 2.25. The van der Waals surface area contributed by atoms with E-state index in [9.17, 15) is 9.18 Å². The Bertz CT molecular complexity index is 501. The number of amides is 2. The highest BCUT2D eigenvalue weighted by Gasteiger charge is 2.21. The number of halogens is 1. The van der Waals surface area contributed by atoms with E-state index in [4.69, 9.17) is 5.11 Å². The molecule has 1 aromatic rings. The molecule has 1 fully saturated rings. The number of benzene rings is 1. The van der Waals surface area contributed by atoms with Crippen molar-refractivity contribution in [3.63, 3.8) is 0 Å². The van der Waals surface area contributed by atoms with Crippen LogP contribution in [0.25, 0.3) is 0 Å². The summed E-state index contributed by atoms with van der Waals surface area (Å²) in [4.78, 5) is 14.3. The monoisotopic (exact) mass is 337 g/mol. The molecular weight excluding hydrogens is 309 g/mol. The molecule has 24 heavy (non-hydrogen) atoms. The number of piperidine rings is 1. The van der Waals surface area contributed by atoms with Crippen LogP contribution in [0.2, 0.25) is 0 Å². The van der Waals surface area contributed by atoms with Gasteiger partial charge in [0.2, 0.25) is 0 Å². The maximum absolute atomic E-state index is 12.9. The van der Waals surface area contributed by atoms with Crippen molar-refractivity contribution in [1.82, 2.24) is 15.5 Å².